The third-order valence-corrected chi connectivity index (χ3v) is 1.72. The number of nitrogens with zero attached hydrogens (tertiary/aromatic N) is 1. The Kier molecular flexibility index (Phi) is 2.77. The summed E-state index contributed by atoms with van der Waals surface area (Å²) < 4.78 is 24.1. The van der Waals surface area contributed by atoms with Gasteiger partial charge in [0.15, 0.2) is 0 Å². The molecular weight excluding hydrogens is 204 g/mol. The van der Waals surface area contributed by atoms with Crippen LogP contribution in [0.1, 0.15) is 12.0 Å². The van der Waals surface area contributed by atoms with Crippen LogP contribution in [0.3, 0.4) is 0 Å². The third-order valence-electron chi connectivity index (χ3n) is 1.42. The first kappa shape index (κ1) is 9.85. The molecule has 0 bridgehead atoms. The molecule has 1 aromatic rings. The van der Waals surface area contributed by atoms with Crippen molar-refractivity contribution in [2.24, 2.45) is 0 Å². The Bertz CT molecular complexity index is 343. The Hall–Kier alpha value is -1.23. The Morgan fingerprint density at radius 3 is 2.46 bits per heavy atom. The van der Waals surface area contributed by atoms with Crippen molar-refractivity contribution in [2.75, 3.05) is 0 Å². The van der Waals surface area contributed by atoms with Crippen LogP contribution in [-0.4, -0.2) is 4.92 Å². The van der Waals surface area contributed by atoms with Crippen molar-refractivity contribution < 1.29 is 13.7 Å². The molecule has 0 unspecified atom stereocenters. The summed E-state index contributed by atoms with van der Waals surface area (Å²) in [5.41, 5.74) is -0.693. The molecule has 0 saturated carbocycles. The van der Waals surface area contributed by atoms with Crippen LogP contribution in [0.5, 0.6) is 0 Å². The zero-order valence-corrected chi connectivity index (χ0v) is 6.96. The highest BCUT2D eigenvalue weighted by atomic mass is 35.5. The molecule has 0 heterocycles. The lowest BCUT2D eigenvalue weighted by Crippen LogP contribution is -1.91. The van der Waals surface area contributed by atoms with E-state index < -0.39 is 11.3 Å². The number of hydrogen-bond donors (Lipinski definition) is 0. The molecule has 0 aromatic heterocycles. The van der Waals surface area contributed by atoms with E-state index in [2.05, 4.69) is 0 Å². The van der Waals surface area contributed by atoms with E-state index in [4.69, 9.17) is 11.6 Å². The van der Waals surface area contributed by atoms with Gasteiger partial charge in [0.2, 0.25) is 0 Å². The summed E-state index contributed by atoms with van der Waals surface area (Å²) in [6.07, 6.45) is -2.67. The zero-order valence-electron chi connectivity index (χ0n) is 6.21. The highest BCUT2D eigenvalue weighted by Gasteiger charge is 2.15. The number of benzene rings is 1. The summed E-state index contributed by atoms with van der Waals surface area (Å²) in [7, 11) is 0. The van der Waals surface area contributed by atoms with Gasteiger partial charge in [-0.25, -0.2) is 8.78 Å². The van der Waals surface area contributed by atoms with Gasteiger partial charge in [-0.05, 0) is 12.1 Å². The van der Waals surface area contributed by atoms with Crippen molar-refractivity contribution in [1.82, 2.24) is 0 Å². The maximum atomic E-state index is 12.1. The maximum Gasteiger partial charge on any atom is 0.287 e. The summed E-state index contributed by atoms with van der Waals surface area (Å²) in [4.78, 5) is 9.51. The summed E-state index contributed by atoms with van der Waals surface area (Å²) in [6, 6.07) is 2.84. The van der Waals surface area contributed by atoms with E-state index in [-0.39, 0.29) is 16.3 Å². The van der Waals surface area contributed by atoms with Gasteiger partial charge >= 0.3 is 0 Å². The molecule has 0 N–H and O–H groups in total. The lowest BCUT2D eigenvalue weighted by molar-refractivity contribution is -0.384. The summed E-state index contributed by atoms with van der Waals surface area (Å²) >= 11 is 5.39. The predicted octanol–water partition coefficient (Wildman–Crippen LogP) is 3.19. The van der Waals surface area contributed by atoms with E-state index in [1.807, 2.05) is 0 Å². The Morgan fingerprint density at radius 2 is 2.08 bits per heavy atom. The van der Waals surface area contributed by atoms with Crippen LogP contribution >= 0.6 is 11.6 Å². The van der Waals surface area contributed by atoms with Crippen molar-refractivity contribution >= 4 is 17.3 Å². The number of halogens is 3. The van der Waals surface area contributed by atoms with Gasteiger partial charge in [-0.3, -0.25) is 10.1 Å². The highest BCUT2D eigenvalue weighted by molar-refractivity contribution is 6.32. The minimum atomic E-state index is -2.67. The molecule has 0 aliphatic heterocycles. The monoisotopic (exact) mass is 207 g/mol. The molecule has 70 valence electrons. The quantitative estimate of drug-likeness (QED) is 0.552. The van der Waals surface area contributed by atoms with E-state index >= 15 is 0 Å². The van der Waals surface area contributed by atoms with Crippen molar-refractivity contribution in [3.05, 3.63) is 38.9 Å². The molecule has 0 spiro atoms. The fraction of sp³-hybridized carbons (Fsp3) is 0.143. The smallest absolute Gasteiger partial charge is 0.258 e. The van der Waals surface area contributed by atoms with E-state index in [1.54, 1.807) is 0 Å². The normalized spacial score (nSPS) is 10.5. The van der Waals surface area contributed by atoms with Crippen LogP contribution in [0.2, 0.25) is 5.02 Å². The molecule has 13 heavy (non-hydrogen) atoms. The number of hydrogen-bond acceptors (Lipinski definition) is 2. The lowest BCUT2D eigenvalue weighted by atomic mass is 10.2. The second-order valence-corrected chi connectivity index (χ2v) is 2.68. The minimum absolute atomic E-state index is 0.275. The van der Waals surface area contributed by atoms with Crippen LogP contribution in [0.15, 0.2) is 18.2 Å². The molecule has 0 atom stereocenters. The van der Waals surface area contributed by atoms with Crippen molar-refractivity contribution in [2.45, 2.75) is 6.43 Å². The standard InChI is InChI=1S/C7H4ClF2NO2/c8-5-3-4(7(9)10)1-2-6(5)11(12)13/h1-3,7H. The average molecular weight is 208 g/mol. The first-order chi connectivity index (χ1) is 6.02. The SMILES string of the molecule is O=[N+]([O-])c1ccc(C(F)F)cc1Cl. The second-order valence-electron chi connectivity index (χ2n) is 2.27. The van der Waals surface area contributed by atoms with Gasteiger partial charge in [-0.2, -0.15) is 0 Å². The number of rotatable bonds is 2. The topological polar surface area (TPSA) is 43.1 Å². The van der Waals surface area contributed by atoms with E-state index in [1.165, 1.54) is 0 Å². The molecule has 0 amide bonds. The molecule has 1 aromatic carbocycles. The van der Waals surface area contributed by atoms with Crippen LogP contribution in [-0.2, 0) is 0 Å². The van der Waals surface area contributed by atoms with Crippen LogP contribution in [0, 0.1) is 10.1 Å². The summed E-state index contributed by atoms with van der Waals surface area (Å²) in [5.74, 6) is 0. The van der Waals surface area contributed by atoms with E-state index in [9.17, 15) is 18.9 Å². The zero-order chi connectivity index (χ0) is 10.0. The number of nitro benzene ring substituents is 1. The summed E-state index contributed by atoms with van der Waals surface area (Å²) in [5, 5.41) is 9.96. The molecule has 6 heteroatoms. The van der Waals surface area contributed by atoms with Gasteiger partial charge < -0.3 is 0 Å². The van der Waals surface area contributed by atoms with Crippen LogP contribution < -0.4 is 0 Å². The molecule has 0 aliphatic carbocycles. The van der Waals surface area contributed by atoms with Crippen molar-refractivity contribution in [1.29, 1.82) is 0 Å². The van der Waals surface area contributed by atoms with Crippen molar-refractivity contribution in [3.63, 3.8) is 0 Å². The molecule has 3 nitrogen and oxygen atoms in total. The Labute approximate surface area is 77.1 Å². The second kappa shape index (κ2) is 3.66. The first-order valence-electron chi connectivity index (χ1n) is 3.24. The lowest BCUT2D eigenvalue weighted by Gasteiger charge is -1.99. The average Bonchev–Trinajstić information content (AvgIpc) is 2.03. The molecule has 0 saturated heterocycles. The fourth-order valence-corrected chi connectivity index (χ4v) is 1.06. The third kappa shape index (κ3) is 2.12. The minimum Gasteiger partial charge on any atom is -0.258 e. The van der Waals surface area contributed by atoms with E-state index in [0.717, 1.165) is 18.2 Å². The Balaban J connectivity index is 3.13. The number of alkyl halides is 2. The van der Waals surface area contributed by atoms with Gasteiger partial charge in [0.05, 0.1) is 4.92 Å². The molecule has 0 radical (unpaired) electrons. The van der Waals surface area contributed by atoms with Crippen LogP contribution in [0.4, 0.5) is 14.5 Å². The van der Waals surface area contributed by atoms with Gasteiger partial charge in [0, 0.05) is 11.6 Å². The molecule has 0 aliphatic rings. The van der Waals surface area contributed by atoms with E-state index in [0.29, 0.717) is 0 Å². The molecule has 0 fully saturated rings. The highest BCUT2D eigenvalue weighted by Crippen LogP contribution is 2.29. The fourth-order valence-electron chi connectivity index (χ4n) is 0.807. The van der Waals surface area contributed by atoms with Gasteiger partial charge in [0.1, 0.15) is 5.02 Å². The summed E-state index contributed by atoms with van der Waals surface area (Å²) in [6.45, 7) is 0. The maximum absolute atomic E-state index is 12.1. The molecular formula is C7H4ClF2NO2. The largest absolute Gasteiger partial charge is 0.287 e. The van der Waals surface area contributed by atoms with Gasteiger partial charge in [-0.1, -0.05) is 11.6 Å². The van der Waals surface area contributed by atoms with Crippen LogP contribution in [0.25, 0.3) is 0 Å². The number of nitro groups is 1. The van der Waals surface area contributed by atoms with Gasteiger partial charge in [0.25, 0.3) is 12.1 Å². The van der Waals surface area contributed by atoms with Gasteiger partial charge in [-0.15, -0.1) is 0 Å². The Morgan fingerprint density at radius 1 is 1.46 bits per heavy atom. The first-order valence-corrected chi connectivity index (χ1v) is 3.62. The molecule has 1 rings (SSSR count). The predicted molar refractivity (Wildman–Crippen MR) is 43.1 cm³/mol. The van der Waals surface area contributed by atoms with Crippen molar-refractivity contribution in [3.8, 4) is 0 Å².